The van der Waals surface area contributed by atoms with E-state index in [1.165, 1.54) is 34.8 Å². The molecule has 1 aromatic carbocycles. The molecule has 3 rings (SSSR count). The van der Waals surface area contributed by atoms with Crippen molar-refractivity contribution in [3.63, 3.8) is 0 Å². The summed E-state index contributed by atoms with van der Waals surface area (Å²) >= 11 is 0. The second kappa shape index (κ2) is 44.1. The number of carbonyl (C=O) groups excluding carboxylic acids is 6. The minimum atomic E-state index is -3.75. The molecular formula is C53H90F5N2O21P. The molecule has 1 amide bonds. The van der Waals surface area contributed by atoms with Gasteiger partial charge in [0.15, 0.2) is 18.7 Å². The number of halogens is 5. The maximum Gasteiger partial charge on any atom is 0.471 e. The summed E-state index contributed by atoms with van der Waals surface area (Å²) in [5.41, 5.74) is 5.30. The smallest absolute Gasteiger partial charge is 0.463 e. The van der Waals surface area contributed by atoms with Crippen LogP contribution < -0.4 is 15.8 Å². The number of amides is 1. The van der Waals surface area contributed by atoms with E-state index < -0.39 is 122 Å². The molecule has 478 valence electrons. The lowest BCUT2D eigenvalue weighted by Crippen LogP contribution is -2.57. The summed E-state index contributed by atoms with van der Waals surface area (Å²) in [6, 6.07) is 0. The topological polar surface area (TPSA) is 309 Å². The highest BCUT2D eigenvalue weighted by atomic mass is 31.2. The number of rotatable bonds is 31. The average Bonchev–Trinajstić information content (AvgIpc) is 3.43. The third-order valence-electron chi connectivity index (χ3n) is 12.0. The second-order valence-electron chi connectivity index (χ2n) is 18.4. The maximum absolute atomic E-state index is 13.6. The van der Waals surface area contributed by atoms with Crippen LogP contribution >= 0.6 is 7.82 Å². The highest BCUT2D eigenvalue weighted by Gasteiger charge is 2.47. The molecule has 1 aromatic rings. The normalized spacial score (nSPS) is 22.5. The van der Waals surface area contributed by atoms with Crippen LogP contribution in [0.15, 0.2) is 0 Å². The first-order valence-corrected chi connectivity index (χ1v) is 28.3. The molecule has 0 spiro atoms. The number of ether oxygens (including phenoxy) is 10. The van der Waals surface area contributed by atoms with Gasteiger partial charge >= 0.3 is 37.7 Å². The van der Waals surface area contributed by atoms with Gasteiger partial charge in [-0.1, -0.05) is 67.7 Å². The molecule has 23 nitrogen and oxygen atoms in total. The van der Waals surface area contributed by atoms with Crippen LogP contribution in [0.3, 0.4) is 0 Å². The molecule has 0 saturated carbocycles. The maximum atomic E-state index is 13.6. The molecule has 82 heavy (non-hydrogen) atoms. The van der Waals surface area contributed by atoms with Crippen LogP contribution in [0, 0.1) is 46.8 Å². The van der Waals surface area contributed by atoms with Gasteiger partial charge in [0.05, 0.1) is 6.61 Å². The van der Waals surface area contributed by atoms with Crippen LogP contribution in [0.2, 0.25) is 0 Å². The van der Waals surface area contributed by atoms with E-state index >= 15 is 0 Å². The van der Waals surface area contributed by atoms with Crippen LogP contribution in [-0.4, -0.2) is 149 Å². The van der Waals surface area contributed by atoms with Gasteiger partial charge in [-0.25, -0.2) is 17.7 Å². The molecule has 2 fully saturated rings. The summed E-state index contributed by atoms with van der Waals surface area (Å²) in [6.45, 7) is 15.9. The number of aliphatic hydroxyl groups excluding tert-OH is 1. The highest BCUT2D eigenvalue weighted by molar-refractivity contribution is 7.47. The van der Waals surface area contributed by atoms with Crippen LogP contribution in [0.4, 0.5) is 22.0 Å². The van der Waals surface area contributed by atoms with Crippen molar-refractivity contribution in [3.8, 4) is 5.75 Å². The van der Waals surface area contributed by atoms with Crippen molar-refractivity contribution >= 4 is 43.6 Å². The van der Waals surface area contributed by atoms with Crippen molar-refractivity contribution in [1.82, 2.24) is 5.32 Å². The first-order chi connectivity index (χ1) is 38.2. The van der Waals surface area contributed by atoms with Crippen LogP contribution in [0.25, 0.3) is 0 Å². The zero-order chi connectivity index (χ0) is 61.8. The van der Waals surface area contributed by atoms with Crippen molar-refractivity contribution in [2.75, 3.05) is 60.5 Å². The number of aliphatic hydroxyl groups is 1. The van der Waals surface area contributed by atoms with Gasteiger partial charge in [0.2, 0.25) is 40.7 Å². The summed E-state index contributed by atoms with van der Waals surface area (Å²) in [5, 5.41) is 13.1. The molecular weight excluding hydrogens is 1130 g/mol. The number of nitrogens with two attached hydrogens (primary N) is 1. The molecule has 0 radical (unpaired) electrons. The number of hydrogen-bond donors (Lipinski definition) is 4. The van der Waals surface area contributed by atoms with Gasteiger partial charge in [-0.15, -0.1) is 0 Å². The van der Waals surface area contributed by atoms with Crippen LogP contribution in [-0.2, 0) is 85.0 Å². The van der Waals surface area contributed by atoms with E-state index in [0.29, 0.717) is 45.3 Å². The Bertz CT molecular complexity index is 2060. The fourth-order valence-corrected chi connectivity index (χ4v) is 7.96. The predicted octanol–water partition coefficient (Wildman–Crippen LogP) is 7.79. The van der Waals surface area contributed by atoms with E-state index in [4.69, 9.17) is 53.3 Å². The predicted molar refractivity (Wildman–Crippen MR) is 284 cm³/mol. The number of phosphoric ester groups is 1. The third-order valence-corrected chi connectivity index (χ3v) is 12.9. The van der Waals surface area contributed by atoms with E-state index in [0.717, 1.165) is 39.2 Å². The second-order valence-corrected chi connectivity index (χ2v) is 19.9. The Balaban J connectivity index is 0. The Morgan fingerprint density at radius 3 is 1.52 bits per heavy atom. The van der Waals surface area contributed by atoms with E-state index in [1.807, 2.05) is 27.7 Å². The van der Waals surface area contributed by atoms with E-state index in [-0.39, 0.29) is 71.2 Å². The van der Waals surface area contributed by atoms with E-state index in [9.17, 15) is 60.4 Å². The summed E-state index contributed by atoms with van der Waals surface area (Å²) in [4.78, 5) is 77.3. The summed E-state index contributed by atoms with van der Waals surface area (Å²) < 4.78 is 139. The number of hydrogen-bond acceptors (Lipinski definition) is 21. The molecule has 0 aliphatic carbocycles. The quantitative estimate of drug-likeness (QED) is 0.00634. The van der Waals surface area contributed by atoms with Gasteiger partial charge in [0.25, 0.3) is 0 Å². The van der Waals surface area contributed by atoms with Gasteiger partial charge in [-0.3, -0.25) is 37.8 Å². The van der Waals surface area contributed by atoms with Gasteiger partial charge in [0.1, 0.15) is 44.4 Å². The summed E-state index contributed by atoms with van der Waals surface area (Å²) in [7, 11) is -1.10. The SMILES string of the molecule is C.CC.CC(=O)OCC1OC(OCCCCCC(=O)Oc2c(F)c(F)c(F)c(F)c2F)C(C)C(C)C1OC(C)=O.COCNC(=O)CCCCCOC1OC(COC(C)=O)C(OC(C)=O)C(O)C1C.COP(=O)(O)OCCCCCCN. The molecule has 2 aliphatic rings. The number of carbonyl (C=O) groups is 6. The van der Waals surface area contributed by atoms with Crippen molar-refractivity contribution in [2.45, 2.75) is 190 Å². The Labute approximate surface area is 478 Å². The number of benzene rings is 1. The zero-order valence-electron chi connectivity index (χ0n) is 48.3. The fourth-order valence-electron chi connectivity index (χ4n) is 7.50. The molecule has 2 saturated heterocycles. The van der Waals surface area contributed by atoms with Gasteiger partial charge in [-0.05, 0) is 45.1 Å². The minimum Gasteiger partial charge on any atom is -0.463 e. The molecule has 11 atom stereocenters. The molecule has 2 heterocycles. The monoisotopic (exact) mass is 1220 g/mol. The first kappa shape index (κ1) is 79.6. The fraction of sp³-hybridized carbons (Fsp3) is 0.774. The van der Waals surface area contributed by atoms with Gasteiger partial charge < -0.3 is 68.4 Å². The lowest BCUT2D eigenvalue weighted by molar-refractivity contribution is -0.286. The Morgan fingerprint density at radius 2 is 1.05 bits per heavy atom. The summed E-state index contributed by atoms with van der Waals surface area (Å²) in [6.07, 6.45) is 1.46. The summed E-state index contributed by atoms with van der Waals surface area (Å²) in [5.74, 6) is -17.0. The lowest BCUT2D eigenvalue weighted by atomic mass is 9.84. The van der Waals surface area contributed by atoms with Crippen molar-refractivity contribution in [3.05, 3.63) is 29.1 Å². The number of esters is 5. The average molecular weight is 1220 g/mol. The number of unbranched alkanes of at least 4 members (excludes halogenated alkanes) is 7. The van der Waals surface area contributed by atoms with E-state index in [1.54, 1.807) is 6.92 Å². The Hall–Kier alpha value is -4.48. The van der Waals surface area contributed by atoms with Gasteiger partial charge in [-0.2, -0.15) is 8.78 Å². The zero-order valence-corrected chi connectivity index (χ0v) is 49.2. The number of phosphoric acid groups is 1. The Morgan fingerprint density at radius 1 is 0.610 bits per heavy atom. The lowest BCUT2D eigenvalue weighted by Gasteiger charge is -2.43. The third kappa shape index (κ3) is 31.4. The molecule has 2 aliphatic heterocycles. The first-order valence-electron chi connectivity index (χ1n) is 26.8. The largest absolute Gasteiger partial charge is 0.471 e. The minimum absolute atomic E-state index is 0. The molecule has 0 bridgehead atoms. The molecule has 11 unspecified atom stereocenters. The van der Waals surface area contributed by atoms with Crippen molar-refractivity contribution < 1.29 is 122 Å². The van der Waals surface area contributed by atoms with Crippen LogP contribution in [0.5, 0.6) is 5.75 Å². The van der Waals surface area contributed by atoms with Crippen LogP contribution in [0.1, 0.15) is 147 Å². The van der Waals surface area contributed by atoms with Crippen molar-refractivity contribution in [1.29, 1.82) is 0 Å². The van der Waals surface area contributed by atoms with Gasteiger partial charge in [0, 0.05) is 85.7 Å². The standard InChI is InChI=1S/C24H29F5O8.C19H33NO9.C7H18NO4P.C2H6.CH4/c1-11-12(2)24(36-15(10-34-13(3)30)22(11)35-14(4)31)33-9-7-5-6-8-16(32)37-23-20(28)18(26)17(25)19(27)21(23)29;1-12-17(24)18(28-14(3)22)15(10-27-13(2)21)29-19(12)26-9-7-5-6-8-16(23)20-11-25-4;1-11-13(9,10)12-7-5-3-2-4-6-8;1-2;/h11-12,15,22,24H,5-10H2,1-4H3;12,15,17-19,24H,5-11H2,1-4H3,(H,20,23);2-8H2,1H3,(H,9,10);1-2H3;1H4. The molecule has 5 N–H and O–H groups in total. The molecule has 29 heteroatoms. The molecule has 0 aromatic heterocycles. The Kier molecular flexibility index (Phi) is 42.8. The van der Waals surface area contributed by atoms with E-state index in [2.05, 4.69) is 19.1 Å². The number of methoxy groups -OCH3 is 1. The number of nitrogens with one attached hydrogen (secondary N) is 1. The van der Waals surface area contributed by atoms with Crippen molar-refractivity contribution in [2.24, 2.45) is 23.5 Å². The highest BCUT2D eigenvalue weighted by Crippen LogP contribution is 2.42.